The highest BCUT2D eigenvalue weighted by atomic mass is 16.5. The minimum absolute atomic E-state index is 0.00389. The van der Waals surface area contributed by atoms with Crippen molar-refractivity contribution in [2.75, 3.05) is 20.2 Å². The van der Waals surface area contributed by atoms with Gasteiger partial charge in [0, 0.05) is 38.0 Å². The maximum absolute atomic E-state index is 11.7. The number of nitrogens with zero attached hydrogens (tertiary/aromatic N) is 1. The lowest BCUT2D eigenvalue weighted by molar-refractivity contribution is -0.130. The first-order chi connectivity index (χ1) is 9.95. The summed E-state index contributed by atoms with van der Waals surface area (Å²) >= 11 is 0. The molecule has 0 spiro atoms. The highest BCUT2D eigenvalue weighted by Gasteiger charge is 2.13. The highest BCUT2D eigenvalue weighted by Crippen LogP contribution is 2.19. The number of amides is 2. The molecule has 2 amide bonds. The number of hydrogen-bond donors (Lipinski definition) is 1. The third kappa shape index (κ3) is 5.45. The zero-order valence-electron chi connectivity index (χ0n) is 13.2. The van der Waals surface area contributed by atoms with Crippen LogP contribution in [0.1, 0.15) is 26.3 Å². The Labute approximate surface area is 126 Å². The van der Waals surface area contributed by atoms with Crippen LogP contribution in [-0.2, 0) is 16.1 Å². The zero-order valence-corrected chi connectivity index (χ0v) is 13.2. The lowest BCUT2D eigenvalue weighted by atomic mass is 10.2. The van der Waals surface area contributed by atoms with E-state index in [4.69, 9.17) is 4.74 Å². The Morgan fingerprint density at radius 1 is 1.29 bits per heavy atom. The average Bonchev–Trinajstić information content (AvgIpc) is 2.46. The van der Waals surface area contributed by atoms with Crippen LogP contribution in [0.25, 0.3) is 0 Å². The molecule has 0 fully saturated rings. The second kappa shape index (κ2) is 8.29. The van der Waals surface area contributed by atoms with Gasteiger partial charge in [-0.05, 0) is 6.07 Å². The number of methoxy groups -OCH3 is 1. The van der Waals surface area contributed by atoms with Crippen molar-refractivity contribution in [3.05, 3.63) is 29.8 Å². The first-order valence-electron chi connectivity index (χ1n) is 7.10. The molecule has 116 valence electrons. The summed E-state index contributed by atoms with van der Waals surface area (Å²) in [6, 6.07) is 7.61. The fourth-order valence-electron chi connectivity index (χ4n) is 1.91. The van der Waals surface area contributed by atoms with E-state index in [0.717, 1.165) is 11.3 Å². The average molecular weight is 292 g/mol. The van der Waals surface area contributed by atoms with E-state index >= 15 is 0 Å². The van der Waals surface area contributed by atoms with Gasteiger partial charge in [0.2, 0.25) is 11.8 Å². The monoisotopic (exact) mass is 292 g/mol. The summed E-state index contributed by atoms with van der Waals surface area (Å²) in [5, 5.41) is 2.82. The number of nitrogens with one attached hydrogen (secondary N) is 1. The van der Waals surface area contributed by atoms with Gasteiger partial charge in [0.1, 0.15) is 5.75 Å². The predicted molar refractivity (Wildman–Crippen MR) is 81.9 cm³/mol. The molecule has 0 heterocycles. The number of carbonyl (C=O) groups excluding carboxylic acids is 2. The number of para-hydroxylation sites is 1. The van der Waals surface area contributed by atoms with Crippen LogP contribution < -0.4 is 10.1 Å². The van der Waals surface area contributed by atoms with E-state index in [1.54, 1.807) is 12.0 Å². The number of hydrogen-bond acceptors (Lipinski definition) is 3. The molecule has 0 unspecified atom stereocenters. The van der Waals surface area contributed by atoms with Gasteiger partial charge in [0.15, 0.2) is 0 Å². The van der Waals surface area contributed by atoms with Crippen LogP contribution in [0.5, 0.6) is 5.75 Å². The van der Waals surface area contributed by atoms with E-state index in [1.807, 2.05) is 38.1 Å². The number of carbonyl (C=O) groups is 2. The van der Waals surface area contributed by atoms with Gasteiger partial charge >= 0.3 is 0 Å². The first-order valence-corrected chi connectivity index (χ1v) is 7.10. The van der Waals surface area contributed by atoms with Gasteiger partial charge in [-0.25, -0.2) is 0 Å². The molecule has 0 aliphatic rings. The van der Waals surface area contributed by atoms with Crippen molar-refractivity contribution in [3.8, 4) is 5.75 Å². The molecule has 1 N–H and O–H groups in total. The van der Waals surface area contributed by atoms with Crippen molar-refractivity contribution < 1.29 is 14.3 Å². The summed E-state index contributed by atoms with van der Waals surface area (Å²) < 4.78 is 5.29. The molecule has 1 aromatic carbocycles. The maximum atomic E-state index is 11.7. The first kappa shape index (κ1) is 17.0. The number of benzene rings is 1. The molecule has 0 aliphatic carbocycles. The van der Waals surface area contributed by atoms with Gasteiger partial charge in [0.05, 0.1) is 7.11 Å². The van der Waals surface area contributed by atoms with Crippen molar-refractivity contribution in [2.24, 2.45) is 5.92 Å². The quantitative estimate of drug-likeness (QED) is 0.834. The van der Waals surface area contributed by atoms with E-state index in [-0.39, 0.29) is 17.7 Å². The third-order valence-corrected chi connectivity index (χ3v) is 3.20. The summed E-state index contributed by atoms with van der Waals surface area (Å²) in [6.45, 7) is 6.61. The van der Waals surface area contributed by atoms with Crippen molar-refractivity contribution in [3.63, 3.8) is 0 Å². The Morgan fingerprint density at radius 2 is 1.95 bits per heavy atom. The van der Waals surface area contributed by atoms with Gasteiger partial charge in [-0.3, -0.25) is 9.59 Å². The molecule has 1 aromatic rings. The van der Waals surface area contributed by atoms with Crippen LogP contribution >= 0.6 is 0 Å². The molecule has 0 atom stereocenters. The minimum Gasteiger partial charge on any atom is -0.496 e. The van der Waals surface area contributed by atoms with Crippen molar-refractivity contribution >= 4 is 11.8 Å². The molecule has 0 aromatic heterocycles. The summed E-state index contributed by atoms with van der Waals surface area (Å²) in [7, 11) is 1.61. The van der Waals surface area contributed by atoms with Gasteiger partial charge < -0.3 is 15.0 Å². The number of rotatable bonds is 7. The third-order valence-electron chi connectivity index (χ3n) is 3.20. The van der Waals surface area contributed by atoms with Crippen molar-refractivity contribution in [2.45, 2.75) is 27.3 Å². The van der Waals surface area contributed by atoms with Crippen LogP contribution in [0.15, 0.2) is 24.3 Å². The minimum atomic E-state index is -0.0509. The zero-order chi connectivity index (χ0) is 15.8. The predicted octanol–water partition coefficient (Wildman–Crippen LogP) is 1.82. The van der Waals surface area contributed by atoms with Gasteiger partial charge in [-0.2, -0.15) is 0 Å². The fraction of sp³-hybridized carbons (Fsp3) is 0.500. The topological polar surface area (TPSA) is 58.6 Å². The maximum Gasteiger partial charge on any atom is 0.222 e. The van der Waals surface area contributed by atoms with Crippen molar-refractivity contribution in [1.82, 2.24) is 10.2 Å². The molecule has 0 saturated carbocycles. The normalized spacial score (nSPS) is 10.3. The van der Waals surface area contributed by atoms with Gasteiger partial charge in [-0.1, -0.05) is 32.0 Å². The lowest BCUT2D eigenvalue weighted by Gasteiger charge is -2.22. The molecule has 1 rings (SSSR count). The Kier molecular flexibility index (Phi) is 6.72. The molecule has 0 aliphatic heterocycles. The molecule has 5 nitrogen and oxygen atoms in total. The van der Waals surface area contributed by atoms with Crippen LogP contribution in [0.4, 0.5) is 0 Å². The van der Waals surface area contributed by atoms with Gasteiger partial charge in [0.25, 0.3) is 0 Å². The van der Waals surface area contributed by atoms with E-state index in [9.17, 15) is 9.59 Å². The second-order valence-corrected chi connectivity index (χ2v) is 5.20. The molecular formula is C16H24N2O3. The van der Waals surface area contributed by atoms with Crippen LogP contribution in [-0.4, -0.2) is 36.9 Å². The Balaban J connectivity index is 2.62. The Morgan fingerprint density at radius 3 is 2.52 bits per heavy atom. The molecule has 21 heavy (non-hydrogen) atoms. The summed E-state index contributed by atoms with van der Waals surface area (Å²) in [5.41, 5.74) is 0.949. The Hall–Kier alpha value is -2.04. The summed E-state index contributed by atoms with van der Waals surface area (Å²) in [6.07, 6.45) is 0. The largest absolute Gasteiger partial charge is 0.496 e. The lowest BCUT2D eigenvalue weighted by Crippen LogP contribution is -2.38. The van der Waals surface area contributed by atoms with E-state index in [0.29, 0.717) is 19.6 Å². The van der Waals surface area contributed by atoms with E-state index < -0.39 is 0 Å². The van der Waals surface area contributed by atoms with Gasteiger partial charge in [-0.15, -0.1) is 0 Å². The molecule has 5 heteroatoms. The highest BCUT2D eigenvalue weighted by molar-refractivity contribution is 5.78. The fourth-order valence-corrected chi connectivity index (χ4v) is 1.91. The van der Waals surface area contributed by atoms with Crippen molar-refractivity contribution in [1.29, 1.82) is 0 Å². The van der Waals surface area contributed by atoms with E-state index in [1.165, 1.54) is 6.92 Å². The smallest absolute Gasteiger partial charge is 0.222 e. The number of ether oxygens (including phenoxy) is 1. The van der Waals surface area contributed by atoms with Crippen LogP contribution in [0, 0.1) is 5.92 Å². The summed E-state index contributed by atoms with van der Waals surface area (Å²) in [5.74, 6) is 0.676. The Bertz CT molecular complexity index is 486. The molecule has 0 saturated heterocycles. The second-order valence-electron chi connectivity index (χ2n) is 5.20. The standard InChI is InChI=1S/C16H24N2O3/c1-12(2)16(20)17-9-10-18(13(3)19)11-14-7-5-6-8-15(14)21-4/h5-8,12H,9-11H2,1-4H3,(H,17,20). The van der Waals surface area contributed by atoms with Crippen LogP contribution in [0.3, 0.4) is 0 Å². The molecule has 0 radical (unpaired) electrons. The summed E-state index contributed by atoms with van der Waals surface area (Å²) in [4.78, 5) is 24.9. The van der Waals surface area contributed by atoms with Crippen LogP contribution in [0.2, 0.25) is 0 Å². The SMILES string of the molecule is COc1ccccc1CN(CCNC(=O)C(C)C)C(C)=O. The molecular weight excluding hydrogens is 268 g/mol. The molecule has 0 bridgehead atoms. The van der Waals surface area contributed by atoms with E-state index in [2.05, 4.69) is 5.32 Å².